The fourth-order valence-electron chi connectivity index (χ4n) is 4.99. The molecular weight excluding hydrogens is 619 g/mol. The van der Waals surface area contributed by atoms with Crippen molar-refractivity contribution in [3.05, 3.63) is 85.1 Å². The van der Waals surface area contributed by atoms with Gasteiger partial charge in [-0.2, -0.15) is 8.42 Å². The van der Waals surface area contributed by atoms with E-state index in [1.165, 1.54) is 44.6 Å². The molecule has 0 spiro atoms. The van der Waals surface area contributed by atoms with Crippen molar-refractivity contribution >= 4 is 16.0 Å². The lowest BCUT2D eigenvalue weighted by Gasteiger charge is -2.21. The standard InChI is InChI=1S/C41H69NO5S/c1-3-5-7-9-11-13-15-17-18-19-20-21-22-23-24-25-27-29-31-33-35-37-41(44)42-39(38-48(45,46)47)40(43)36-34-32-30-28-26-16-14-12-10-8-6-4-2/h5,7,10-13,17-18,20-21,26,28,34,36,39-40,43H,3-4,6,8-9,14-16,19,22-25,27,29-33,35,37-38H2,1-2H3,(H,42,44)(H,45,46,47)/b7-5-,12-10+,13-11-,18-17-,21-20-,28-26+,36-34+. The van der Waals surface area contributed by atoms with E-state index in [1.54, 1.807) is 6.08 Å². The van der Waals surface area contributed by atoms with E-state index in [4.69, 9.17) is 0 Å². The highest BCUT2D eigenvalue weighted by Crippen LogP contribution is 2.12. The van der Waals surface area contributed by atoms with Crippen LogP contribution >= 0.6 is 0 Å². The van der Waals surface area contributed by atoms with Crippen LogP contribution in [-0.2, 0) is 14.9 Å². The van der Waals surface area contributed by atoms with E-state index in [-0.39, 0.29) is 12.3 Å². The van der Waals surface area contributed by atoms with Gasteiger partial charge in [0.1, 0.15) is 0 Å². The molecule has 0 fully saturated rings. The zero-order valence-corrected chi connectivity index (χ0v) is 31.1. The van der Waals surface area contributed by atoms with Gasteiger partial charge >= 0.3 is 0 Å². The fraction of sp³-hybridized carbons (Fsp3) is 0.634. The summed E-state index contributed by atoms with van der Waals surface area (Å²) < 4.78 is 32.4. The molecule has 0 heterocycles. The van der Waals surface area contributed by atoms with Gasteiger partial charge in [0.15, 0.2) is 0 Å². The lowest BCUT2D eigenvalue weighted by atomic mass is 10.1. The second-order valence-corrected chi connectivity index (χ2v) is 13.9. The maximum Gasteiger partial charge on any atom is 0.267 e. The van der Waals surface area contributed by atoms with E-state index < -0.39 is 28.0 Å². The van der Waals surface area contributed by atoms with E-state index in [9.17, 15) is 22.9 Å². The summed E-state index contributed by atoms with van der Waals surface area (Å²) in [5.74, 6) is -1.03. The maximum atomic E-state index is 12.5. The molecule has 48 heavy (non-hydrogen) atoms. The second kappa shape index (κ2) is 34.4. The summed E-state index contributed by atoms with van der Waals surface area (Å²) in [6, 6.07) is -1.09. The van der Waals surface area contributed by atoms with Crippen LogP contribution in [-0.4, -0.2) is 41.9 Å². The Hall–Kier alpha value is -2.48. The highest BCUT2D eigenvalue weighted by atomic mass is 32.2. The van der Waals surface area contributed by atoms with Gasteiger partial charge in [-0.3, -0.25) is 9.35 Å². The van der Waals surface area contributed by atoms with Crippen molar-refractivity contribution in [2.24, 2.45) is 0 Å². The van der Waals surface area contributed by atoms with E-state index >= 15 is 0 Å². The largest absolute Gasteiger partial charge is 0.387 e. The lowest BCUT2D eigenvalue weighted by molar-refractivity contribution is -0.122. The quantitative estimate of drug-likeness (QED) is 0.0371. The fourth-order valence-corrected chi connectivity index (χ4v) is 5.72. The molecule has 0 saturated heterocycles. The number of hydrogen-bond donors (Lipinski definition) is 3. The number of nitrogens with one attached hydrogen (secondary N) is 1. The van der Waals surface area contributed by atoms with Gasteiger partial charge in [-0.1, -0.05) is 150 Å². The molecule has 3 N–H and O–H groups in total. The molecule has 6 nitrogen and oxygen atoms in total. The summed E-state index contributed by atoms with van der Waals surface area (Å²) in [4.78, 5) is 12.5. The highest BCUT2D eigenvalue weighted by Gasteiger charge is 2.24. The first-order chi connectivity index (χ1) is 23.3. The normalized spacial score (nSPS) is 14.3. The summed E-state index contributed by atoms with van der Waals surface area (Å²) in [6.45, 7) is 4.34. The highest BCUT2D eigenvalue weighted by molar-refractivity contribution is 7.85. The minimum absolute atomic E-state index is 0.270. The molecule has 0 aromatic carbocycles. The van der Waals surface area contributed by atoms with Gasteiger partial charge in [0, 0.05) is 6.42 Å². The van der Waals surface area contributed by atoms with Crippen LogP contribution in [0.1, 0.15) is 149 Å². The van der Waals surface area contributed by atoms with Crippen molar-refractivity contribution in [2.45, 2.75) is 161 Å². The Kier molecular flexibility index (Phi) is 32.6. The first kappa shape index (κ1) is 45.5. The number of amides is 1. The number of aliphatic hydroxyl groups excluding tert-OH is 1. The van der Waals surface area contributed by atoms with Gasteiger partial charge in [-0.15, -0.1) is 0 Å². The van der Waals surface area contributed by atoms with E-state index in [2.05, 4.69) is 92.1 Å². The average Bonchev–Trinajstić information content (AvgIpc) is 3.05. The van der Waals surface area contributed by atoms with E-state index in [0.717, 1.165) is 77.0 Å². The third-order valence-corrected chi connectivity index (χ3v) is 8.56. The summed E-state index contributed by atoms with van der Waals surface area (Å²) in [7, 11) is -4.36. The topological polar surface area (TPSA) is 104 Å². The molecule has 0 saturated carbocycles. The molecule has 0 aromatic rings. The van der Waals surface area contributed by atoms with Crippen LogP contribution in [0.3, 0.4) is 0 Å². The van der Waals surface area contributed by atoms with Crippen LogP contribution in [0.5, 0.6) is 0 Å². The molecule has 2 unspecified atom stereocenters. The van der Waals surface area contributed by atoms with Crippen LogP contribution in [0.4, 0.5) is 0 Å². The molecule has 0 rings (SSSR count). The van der Waals surface area contributed by atoms with Gasteiger partial charge in [-0.25, -0.2) is 0 Å². The summed E-state index contributed by atoms with van der Waals surface area (Å²) in [6.07, 6.45) is 49.9. The Labute approximate surface area is 295 Å². The van der Waals surface area contributed by atoms with Crippen LogP contribution < -0.4 is 5.32 Å². The zero-order chi connectivity index (χ0) is 35.4. The van der Waals surface area contributed by atoms with Crippen molar-refractivity contribution in [1.29, 1.82) is 0 Å². The van der Waals surface area contributed by atoms with Gasteiger partial charge in [-0.05, 0) is 77.0 Å². The van der Waals surface area contributed by atoms with Crippen molar-refractivity contribution in [2.75, 3.05) is 5.75 Å². The van der Waals surface area contributed by atoms with Gasteiger partial charge in [0.25, 0.3) is 10.1 Å². The molecule has 7 heteroatoms. The SMILES string of the molecule is CC/C=C\C/C=C\C/C=C\C/C=C\CCCCCCCCCCC(=O)NC(CS(=O)(=O)O)C(O)/C=C/CC/C=C/CC/C=C/CCCC. The Morgan fingerprint density at radius 1 is 0.583 bits per heavy atom. The van der Waals surface area contributed by atoms with Crippen LogP contribution in [0, 0.1) is 0 Å². The maximum absolute atomic E-state index is 12.5. The molecule has 1 amide bonds. The van der Waals surface area contributed by atoms with Crippen LogP contribution in [0.25, 0.3) is 0 Å². The third kappa shape index (κ3) is 34.8. The Balaban J connectivity index is 4.01. The van der Waals surface area contributed by atoms with E-state index in [1.807, 2.05) is 0 Å². The minimum atomic E-state index is -4.36. The molecule has 2 atom stereocenters. The summed E-state index contributed by atoms with van der Waals surface area (Å²) in [5.41, 5.74) is 0. The first-order valence-corrected chi connectivity index (χ1v) is 20.4. The van der Waals surface area contributed by atoms with Crippen LogP contribution in [0.2, 0.25) is 0 Å². The number of carbonyl (C=O) groups excluding carboxylic acids is 1. The molecule has 0 bridgehead atoms. The zero-order valence-electron chi connectivity index (χ0n) is 30.3. The Bertz CT molecular complexity index is 1070. The molecule has 0 aromatic heterocycles. The van der Waals surface area contributed by atoms with Gasteiger partial charge < -0.3 is 10.4 Å². The predicted molar refractivity (Wildman–Crippen MR) is 207 cm³/mol. The van der Waals surface area contributed by atoms with Crippen molar-refractivity contribution in [1.82, 2.24) is 5.32 Å². The number of rotatable bonds is 32. The van der Waals surface area contributed by atoms with Crippen molar-refractivity contribution in [3.8, 4) is 0 Å². The predicted octanol–water partition coefficient (Wildman–Crippen LogP) is 10.8. The average molecular weight is 688 g/mol. The third-order valence-electron chi connectivity index (χ3n) is 7.78. The smallest absolute Gasteiger partial charge is 0.267 e. The minimum Gasteiger partial charge on any atom is -0.387 e. The number of allylic oxidation sites excluding steroid dienone is 13. The number of hydrogen-bond acceptors (Lipinski definition) is 4. The number of unbranched alkanes of at least 4 members (excludes halogenated alkanes) is 12. The lowest BCUT2D eigenvalue weighted by Crippen LogP contribution is -2.46. The number of carbonyl (C=O) groups is 1. The monoisotopic (exact) mass is 687 g/mol. The molecular formula is C41H69NO5S. The molecule has 0 aliphatic carbocycles. The van der Waals surface area contributed by atoms with Gasteiger partial charge in [0.05, 0.1) is 17.9 Å². The van der Waals surface area contributed by atoms with E-state index in [0.29, 0.717) is 12.8 Å². The Morgan fingerprint density at radius 2 is 1.02 bits per heavy atom. The van der Waals surface area contributed by atoms with Crippen LogP contribution in [0.15, 0.2) is 85.1 Å². The first-order valence-electron chi connectivity index (χ1n) is 18.8. The summed E-state index contributed by atoms with van der Waals surface area (Å²) in [5, 5.41) is 13.1. The van der Waals surface area contributed by atoms with Gasteiger partial charge in [0.2, 0.25) is 5.91 Å². The van der Waals surface area contributed by atoms with Crippen molar-refractivity contribution in [3.63, 3.8) is 0 Å². The molecule has 0 aliphatic rings. The second-order valence-electron chi connectivity index (χ2n) is 12.4. The molecule has 274 valence electrons. The Morgan fingerprint density at radius 3 is 1.56 bits per heavy atom. The summed E-state index contributed by atoms with van der Waals surface area (Å²) >= 11 is 0. The molecule has 0 aliphatic heterocycles. The number of aliphatic hydroxyl groups is 1. The molecule has 0 radical (unpaired) electrons. The van der Waals surface area contributed by atoms with Crippen molar-refractivity contribution < 1.29 is 22.9 Å².